The zero-order chi connectivity index (χ0) is 22.8. The summed E-state index contributed by atoms with van der Waals surface area (Å²) in [7, 11) is 1.62. The van der Waals surface area contributed by atoms with E-state index in [0.717, 1.165) is 21.2 Å². The van der Waals surface area contributed by atoms with Gasteiger partial charge >= 0.3 is 0 Å². The average molecular weight is 503 g/mol. The molecule has 4 rings (SSSR count). The molecule has 0 unspecified atom stereocenters. The van der Waals surface area contributed by atoms with Gasteiger partial charge in [-0.05, 0) is 29.8 Å². The van der Waals surface area contributed by atoms with Crippen molar-refractivity contribution in [2.75, 3.05) is 13.7 Å². The van der Waals surface area contributed by atoms with Crippen LogP contribution in [0.25, 0.3) is 10.9 Å². The normalized spacial score (nSPS) is 25.4. The van der Waals surface area contributed by atoms with Crippen LogP contribution in [0.4, 0.5) is 0 Å². The molecule has 32 heavy (non-hydrogen) atoms. The quantitative estimate of drug-likeness (QED) is 0.394. The molecule has 1 fully saturated rings. The lowest BCUT2D eigenvalue weighted by molar-refractivity contribution is -0.214. The second-order valence-electron chi connectivity index (χ2n) is 7.58. The lowest BCUT2D eigenvalue weighted by Crippen LogP contribution is -2.58. The van der Waals surface area contributed by atoms with Gasteiger partial charge < -0.3 is 29.9 Å². The Hall–Kier alpha value is -2.45. The molecule has 0 saturated carbocycles. The minimum Gasteiger partial charge on any atom is -0.497 e. The van der Waals surface area contributed by atoms with Crippen molar-refractivity contribution >= 4 is 26.8 Å². The number of nitrogens with zero attached hydrogens (tertiary/aromatic N) is 2. The van der Waals surface area contributed by atoms with Gasteiger partial charge in [0.2, 0.25) is 0 Å². The molecule has 0 aliphatic carbocycles. The summed E-state index contributed by atoms with van der Waals surface area (Å²) in [5.74, 6) is 6.56. The van der Waals surface area contributed by atoms with E-state index >= 15 is 0 Å². The topological polar surface area (TPSA) is 117 Å². The summed E-state index contributed by atoms with van der Waals surface area (Å²) in [5.41, 5.74) is 2.35. The smallest absolute Gasteiger partial charge is 0.147 e. The van der Waals surface area contributed by atoms with Crippen LogP contribution < -0.4 is 4.74 Å². The van der Waals surface area contributed by atoms with Gasteiger partial charge in [-0.25, -0.2) is 0 Å². The fourth-order valence-corrected chi connectivity index (χ4v) is 4.09. The molecule has 0 amide bonds. The number of hydrogen-bond acceptors (Lipinski definition) is 7. The number of aliphatic hydroxyl groups is 4. The first kappa shape index (κ1) is 22.7. The van der Waals surface area contributed by atoms with Gasteiger partial charge in [-0.15, -0.1) is 0 Å². The number of halogens is 1. The van der Waals surface area contributed by atoms with Crippen LogP contribution in [0, 0.1) is 11.8 Å². The molecule has 9 heteroatoms. The Morgan fingerprint density at radius 2 is 1.88 bits per heavy atom. The van der Waals surface area contributed by atoms with Crippen molar-refractivity contribution in [1.29, 1.82) is 0 Å². The predicted octanol–water partition coefficient (Wildman–Crippen LogP) is 1.05. The van der Waals surface area contributed by atoms with Crippen LogP contribution in [0.3, 0.4) is 0 Å². The van der Waals surface area contributed by atoms with Crippen molar-refractivity contribution in [3.8, 4) is 17.6 Å². The fourth-order valence-electron chi connectivity index (χ4n) is 3.61. The minimum atomic E-state index is -1.47. The molecule has 1 aliphatic heterocycles. The summed E-state index contributed by atoms with van der Waals surface area (Å²) in [5, 5.41) is 45.0. The number of rotatable bonds is 4. The van der Waals surface area contributed by atoms with Crippen LogP contribution in [-0.4, -0.2) is 74.4 Å². The molecule has 4 N–H and O–H groups in total. The predicted molar refractivity (Wildman–Crippen MR) is 120 cm³/mol. The van der Waals surface area contributed by atoms with Crippen molar-refractivity contribution in [3.05, 3.63) is 58.2 Å². The molecule has 0 radical (unpaired) electrons. The number of hydrogen-bond donors (Lipinski definition) is 4. The highest BCUT2D eigenvalue weighted by molar-refractivity contribution is 9.10. The third kappa shape index (κ3) is 4.66. The Balaban J connectivity index is 1.62. The van der Waals surface area contributed by atoms with Crippen molar-refractivity contribution < 1.29 is 29.9 Å². The van der Waals surface area contributed by atoms with E-state index in [2.05, 4.69) is 32.9 Å². The van der Waals surface area contributed by atoms with Gasteiger partial charge in [0.1, 0.15) is 41.8 Å². The van der Waals surface area contributed by atoms with Gasteiger partial charge in [-0.2, -0.15) is 5.10 Å². The van der Waals surface area contributed by atoms with Gasteiger partial charge in [0.05, 0.1) is 25.8 Å². The third-order valence-electron chi connectivity index (χ3n) is 5.37. The minimum absolute atomic E-state index is 0.500. The second kappa shape index (κ2) is 9.58. The van der Waals surface area contributed by atoms with Crippen LogP contribution in [0.1, 0.15) is 11.1 Å². The molecule has 2 aromatic carbocycles. The van der Waals surface area contributed by atoms with Crippen LogP contribution >= 0.6 is 15.9 Å². The van der Waals surface area contributed by atoms with Crippen LogP contribution in [0.2, 0.25) is 0 Å². The Morgan fingerprint density at radius 3 is 2.56 bits per heavy atom. The molecular formula is C23H23BrN2O6. The van der Waals surface area contributed by atoms with Gasteiger partial charge in [0.15, 0.2) is 0 Å². The molecule has 1 saturated heterocycles. The van der Waals surface area contributed by atoms with E-state index in [-0.39, 0.29) is 0 Å². The van der Waals surface area contributed by atoms with Gasteiger partial charge in [0, 0.05) is 16.1 Å². The second-order valence-corrected chi connectivity index (χ2v) is 8.50. The largest absolute Gasteiger partial charge is 0.497 e. The Morgan fingerprint density at radius 1 is 1.12 bits per heavy atom. The van der Waals surface area contributed by atoms with Crippen LogP contribution in [0.15, 0.2) is 47.1 Å². The lowest BCUT2D eigenvalue weighted by atomic mass is 9.95. The first-order valence-electron chi connectivity index (χ1n) is 10.0. The highest BCUT2D eigenvalue weighted by atomic mass is 79.9. The first-order chi connectivity index (χ1) is 15.4. The summed E-state index contributed by atoms with van der Waals surface area (Å²) in [4.78, 5) is 0. The Kier molecular flexibility index (Phi) is 6.81. The zero-order valence-electron chi connectivity index (χ0n) is 17.2. The van der Waals surface area contributed by atoms with Crippen LogP contribution in [-0.2, 0) is 11.3 Å². The first-order valence-corrected chi connectivity index (χ1v) is 10.8. The highest BCUT2D eigenvalue weighted by Gasteiger charge is 2.42. The number of benzene rings is 2. The van der Waals surface area contributed by atoms with Crippen molar-refractivity contribution in [2.24, 2.45) is 0 Å². The number of methoxy groups -OCH3 is 1. The van der Waals surface area contributed by atoms with Crippen molar-refractivity contribution in [2.45, 2.75) is 37.1 Å². The van der Waals surface area contributed by atoms with Crippen molar-refractivity contribution in [1.82, 2.24) is 9.78 Å². The van der Waals surface area contributed by atoms with Crippen molar-refractivity contribution in [3.63, 3.8) is 0 Å². The van der Waals surface area contributed by atoms with E-state index in [9.17, 15) is 20.4 Å². The molecule has 0 bridgehead atoms. The van der Waals surface area contributed by atoms with E-state index < -0.39 is 37.1 Å². The maximum atomic E-state index is 10.2. The van der Waals surface area contributed by atoms with Crippen LogP contribution in [0.5, 0.6) is 5.75 Å². The summed E-state index contributed by atoms with van der Waals surface area (Å²) >= 11 is 3.49. The summed E-state index contributed by atoms with van der Waals surface area (Å²) < 4.78 is 13.3. The monoisotopic (exact) mass is 502 g/mol. The Bertz CT molecular complexity index is 1150. The maximum absolute atomic E-state index is 10.2. The van der Waals surface area contributed by atoms with E-state index in [1.54, 1.807) is 7.11 Å². The summed E-state index contributed by atoms with van der Waals surface area (Å²) in [6.45, 7) is 0.0654. The molecule has 5 atom stereocenters. The number of aromatic nitrogens is 2. The molecule has 168 valence electrons. The van der Waals surface area contributed by atoms with Gasteiger partial charge in [0.25, 0.3) is 0 Å². The highest BCUT2D eigenvalue weighted by Crippen LogP contribution is 2.25. The van der Waals surface area contributed by atoms with E-state index in [0.29, 0.717) is 17.6 Å². The Labute approximate surface area is 193 Å². The lowest BCUT2D eigenvalue weighted by Gasteiger charge is -2.37. The maximum Gasteiger partial charge on any atom is 0.147 e. The average Bonchev–Trinajstić information content (AvgIpc) is 3.19. The standard InChI is InChI=1S/C23H23BrN2O6/c1-31-17-5-2-13(3-6-17)10-26-11-15-9-16(24)8-14(20(15)25-26)4-7-18-21(28)23(30)22(29)19(12-27)32-18/h2-3,5-6,8-9,11,18-19,21-23,27-30H,10,12H2,1H3/t18-,19-,21-,22-,23-/m1/s1. The molecule has 1 aliphatic rings. The van der Waals surface area contributed by atoms with Gasteiger partial charge in [-0.1, -0.05) is 39.9 Å². The zero-order valence-corrected chi connectivity index (χ0v) is 18.8. The van der Waals surface area contributed by atoms with Gasteiger partial charge in [-0.3, -0.25) is 4.68 Å². The molecular weight excluding hydrogens is 480 g/mol. The molecule has 3 aromatic rings. The fraction of sp³-hybridized carbons (Fsp3) is 0.348. The third-order valence-corrected chi connectivity index (χ3v) is 5.82. The number of ether oxygens (including phenoxy) is 2. The van der Waals surface area contributed by atoms with E-state index in [4.69, 9.17) is 9.47 Å². The molecule has 8 nitrogen and oxygen atoms in total. The van der Waals surface area contributed by atoms with E-state index in [1.165, 1.54) is 0 Å². The molecule has 1 aromatic heterocycles. The summed E-state index contributed by atoms with van der Waals surface area (Å²) in [6, 6.07) is 11.5. The number of fused-ring (bicyclic) bond motifs is 1. The number of aliphatic hydroxyl groups excluding tert-OH is 4. The molecule has 2 heterocycles. The molecule has 0 spiro atoms. The van der Waals surface area contributed by atoms with E-state index in [1.807, 2.05) is 47.3 Å². The SMILES string of the molecule is COc1ccc(Cn2cc3cc(Br)cc(C#C[C@H]4O[C@H](CO)[C@@H](O)[C@H](O)[C@@H]4O)c3n2)cc1. The summed E-state index contributed by atoms with van der Waals surface area (Å²) in [6.07, 6.45) is -4.44.